The maximum Gasteiger partial charge on any atom is 0.240 e. The summed E-state index contributed by atoms with van der Waals surface area (Å²) in [6.45, 7) is 3.49. The summed E-state index contributed by atoms with van der Waals surface area (Å²) in [4.78, 5) is 14.8. The SMILES string of the molecule is Cc1ccc(S(=O)(=O)NCC2CCCN(C(=O)CCc3cccc(Cl)c3Cl)C2)cc1. The Balaban J connectivity index is 1.52. The van der Waals surface area contributed by atoms with Crippen LogP contribution in [0.3, 0.4) is 0 Å². The molecule has 1 unspecified atom stereocenters. The first-order chi connectivity index (χ1) is 14.3. The minimum atomic E-state index is -3.55. The molecule has 1 aliphatic rings. The maximum absolute atomic E-state index is 12.7. The third kappa shape index (κ3) is 5.97. The number of halogens is 2. The molecule has 1 N–H and O–H groups in total. The lowest BCUT2D eigenvalue weighted by molar-refractivity contribution is -0.132. The molecular formula is C22H26Cl2N2O3S. The van der Waals surface area contributed by atoms with Crippen molar-refractivity contribution in [2.75, 3.05) is 19.6 Å². The highest BCUT2D eigenvalue weighted by molar-refractivity contribution is 7.89. The number of aryl methyl sites for hydroxylation is 2. The van der Waals surface area contributed by atoms with Gasteiger partial charge in [0.2, 0.25) is 15.9 Å². The summed E-state index contributed by atoms with van der Waals surface area (Å²) in [6.07, 6.45) is 2.63. The minimum Gasteiger partial charge on any atom is -0.342 e. The van der Waals surface area contributed by atoms with Gasteiger partial charge in [0.25, 0.3) is 0 Å². The second-order valence-electron chi connectivity index (χ2n) is 7.73. The Hall–Kier alpha value is -1.60. The van der Waals surface area contributed by atoms with E-state index in [-0.39, 0.29) is 16.7 Å². The number of rotatable bonds is 7. The van der Waals surface area contributed by atoms with Gasteiger partial charge in [-0.15, -0.1) is 0 Å². The Morgan fingerprint density at radius 2 is 1.90 bits per heavy atom. The van der Waals surface area contributed by atoms with Crippen molar-refractivity contribution in [3.8, 4) is 0 Å². The molecule has 0 saturated carbocycles. The summed E-state index contributed by atoms with van der Waals surface area (Å²) < 4.78 is 27.7. The summed E-state index contributed by atoms with van der Waals surface area (Å²) in [5.41, 5.74) is 1.87. The molecule has 1 amide bonds. The summed E-state index contributed by atoms with van der Waals surface area (Å²) >= 11 is 12.2. The molecular weight excluding hydrogens is 443 g/mol. The van der Waals surface area contributed by atoms with Crippen LogP contribution in [0.5, 0.6) is 0 Å². The summed E-state index contributed by atoms with van der Waals surface area (Å²) in [7, 11) is -3.55. The molecule has 1 saturated heterocycles. The third-order valence-electron chi connectivity index (χ3n) is 5.40. The monoisotopic (exact) mass is 468 g/mol. The fraction of sp³-hybridized carbons (Fsp3) is 0.409. The zero-order chi connectivity index (χ0) is 21.7. The van der Waals surface area contributed by atoms with Gasteiger partial charge in [-0.25, -0.2) is 13.1 Å². The molecule has 0 spiro atoms. The number of hydrogen-bond acceptors (Lipinski definition) is 3. The predicted octanol–water partition coefficient (Wildman–Crippen LogP) is 4.45. The number of amides is 1. The average molecular weight is 469 g/mol. The molecule has 1 fully saturated rings. The Kier molecular flexibility index (Phi) is 7.80. The van der Waals surface area contributed by atoms with Gasteiger partial charge in [-0.05, 0) is 55.9 Å². The van der Waals surface area contributed by atoms with Crippen molar-refractivity contribution in [1.29, 1.82) is 0 Å². The fourth-order valence-electron chi connectivity index (χ4n) is 3.63. The number of nitrogens with one attached hydrogen (secondary N) is 1. The molecule has 5 nitrogen and oxygen atoms in total. The number of nitrogens with zero attached hydrogens (tertiary/aromatic N) is 1. The van der Waals surface area contributed by atoms with E-state index in [2.05, 4.69) is 4.72 Å². The zero-order valence-corrected chi connectivity index (χ0v) is 19.2. The smallest absolute Gasteiger partial charge is 0.240 e. The number of carbonyl (C=O) groups is 1. The van der Waals surface area contributed by atoms with Gasteiger partial charge in [0.1, 0.15) is 0 Å². The van der Waals surface area contributed by atoms with Crippen LogP contribution in [0.25, 0.3) is 0 Å². The van der Waals surface area contributed by atoms with Crippen LogP contribution >= 0.6 is 23.2 Å². The quantitative estimate of drug-likeness (QED) is 0.652. The highest BCUT2D eigenvalue weighted by Gasteiger charge is 2.25. The molecule has 1 aliphatic heterocycles. The van der Waals surface area contributed by atoms with Gasteiger partial charge in [0.15, 0.2) is 0 Å². The number of likely N-dealkylation sites (tertiary alicyclic amines) is 1. The van der Waals surface area contributed by atoms with E-state index in [1.54, 1.807) is 30.3 Å². The minimum absolute atomic E-state index is 0.0529. The van der Waals surface area contributed by atoms with E-state index >= 15 is 0 Å². The topological polar surface area (TPSA) is 66.5 Å². The molecule has 2 aromatic carbocycles. The zero-order valence-electron chi connectivity index (χ0n) is 16.9. The summed E-state index contributed by atoms with van der Waals surface area (Å²) in [5, 5.41) is 0.981. The molecule has 3 rings (SSSR count). The van der Waals surface area contributed by atoms with Crippen LogP contribution < -0.4 is 4.72 Å². The van der Waals surface area contributed by atoms with Crippen molar-refractivity contribution in [3.63, 3.8) is 0 Å². The van der Waals surface area contributed by atoms with Crippen LogP contribution in [-0.4, -0.2) is 38.9 Å². The van der Waals surface area contributed by atoms with Gasteiger partial charge < -0.3 is 4.90 Å². The Morgan fingerprint density at radius 1 is 1.17 bits per heavy atom. The second kappa shape index (κ2) is 10.1. The summed E-state index contributed by atoms with van der Waals surface area (Å²) in [6, 6.07) is 12.2. The van der Waals surface area contributed by atoms with Gasteiger partial charge in [-0.3, -0.25) is 4.79 Å². The Labute approximate surface area is 188 Å². The van der Waals surface area contributed by atoms with Gasteiger partial charge in [0, 0.05) is 26.1 Å². The van der Waals surface area contributed by atoms with E-state index in [1.807, 2.05) is 24.0 Å². The molecule has 1 heterocycles. The summed E-state index contributed by atoms with van der Waals surface area (Å²) in [5.74, 6) is 0.148. The van der Waals surface area contributed by atoms with Crippen molar-refractivity contribution >= 4 is 39.1 Å². The largest absolute Gasteiger partial charge is 0.342 e. The molecule has 1 atom stereocenters. The Bertz CT molecular complexity index is 994. The predicted molar refractivity (Wildman–Crippen MR) is 120 cm³/mol. The Morgan fingerprint density at radius 3 is 2.63 bits per heavy atom. The van der Waals surface area contributed by atoms with Gasteiger partial charge in [0.05, 0.1) is 14.9 Å². The molecule has 0 aromatic heterocycles. The van der Waals surface area contributed by atoms with Gasteiger partial charge in [-0.2, -0.15) is 0 Å². The number of hydrogen-bond donors (Lipinski definition) is 1. The molecule has 0 radical (unpaired) electrons. The first kappa shape index (κ1) is 23.1. The number of carbonyl (C=O) groups excluding carboxylic acids is 1. The lowest BCUT2D eigenvalue weighted by Gasteiger charge is -2.33. The van der Waals surface area contributed by atoms with E-state index in [9.17, 15) is 13.2 Å². The van der Waals surface area contributed by atoms with Crippen LogP contribution in [0, 0.1) is 12.8 Å². The van der Waals surface area contributed by atoms with Crippen molar-refractivity contribution in [3.05, 3.63) is 63.6 Å². The van der Waals surface area contributed by atoms with Crippen LogP contribution in [0.4, 0.5) is 0 Å². The first-order valence-electron chi connectivity index (χ1n) is 10.0. The standard InChI is InChI=1S/C22H26Cl2N2O3S/c1-16-7-10-19(11-8-16)30(28,29)25-14-17-4-3-13-26(15-17)21(27)12-9-18-5-2-6-20(23)22(18)24/h2,5-8,10-11,17,25H,3-4,9,12-15H2,1H3. The van der Waals surface area contributed by atoms with Crippen LogP contribution in [0.1, 0.15) is 30.4 Å². The van der Waals surface area contributed by atoms with Gasteiger partial charge in [-0.1, -0.05) is 53.0 Å². The lowest BCUT2D eigenvalue weighted by atomic mass is 9.97. The lowest BCUT2D eigenvalue weighted by Crippen LogP contribution is -2.43. The average Bonchev–Trinajstić information content (AvgIpc) is 2.74. The van der Waals surface area contributed by atoms with Gasteiger partial charge >= 0.3 is 0 Å². The molecule has 2 aromatic rings. The first-order valence-corrected chi connectivity index (χ1v) is 12.3. The van der Waals surface area contributed by atoms with Crippen molar-refractivity contribution in [2.24, 2.45) is 5.92 Å². The molecule has 8 heteroatoms. The maximum atomic E-state index is 12.7. The van der Waals surface area contributed by atoms with Crippen LogP contribution in [0.15, 0.2) is 47.4 Å². The van der Waals surface area contributed by atoms with Crippen LogP contribution in [-0.2, 0) is 21.2 Å². The van der Waals surface area contributed by atoms with E-state index in [0.717, 1.165) is 24.0 Å². The second-order valence-corrected chi connectivity index (χ2v) is 10.3. The van der Waals surface area contributed by atoms with Crippen LogP contribution in [0.2, 0.25) is 10.0 Å². The van der Waals surface area contributed by atoms with E-state index < -0.39 is 10.0 Å². The highest BCUT2D eigenvalue weighted by Crippen LogP contribution is 2.27. The van der Waals surface area contributed by atoms with Crippen molar-refractivity contribution < 1.29 is 13.2 Å². The molecule has 0 aliphatic carbocycles. The van der Waals surface area contributed by atoms with Crippen molar-refractivity contribution in [2.45, 2.75) is 37.5 Å². The normalized spacial score (nSPS) is 17.2. The number of sulfonamides is 1. The van der Waals surface area contributed by atoms with Crippen molar-refractivity contribution in [1.82, 2.24) is 9.62 Å². The number of benzene rings is 2. The third-order valence-corrected chi connectivity index (χ3v) is 7.70. The molecule has 30 heavy (non-hydrogen) atoms. The molecule has 0 bridgehead atoms. The fourth-order valence-corrected chi connectivity index (χ4v) is 5.16. The van der Waals surface area contributed by atoms with E-state index in [4.69, 9.17) is 23.2 Å². The highest BCUT2D eigenvalue weighted by atomic mass is 35.5. The number of piperidine rings is 1. The van der Waals surface area contributed by atoms with E-state index in [0.29, 0.717) is 42.5 Å². The molecule has 162 valence electrons. The van der Waals surface area contributed by atoms with E-state index in [1.165, 1.54) is 0 Å².